The first kappa shape index (κ1) is 14.1. The molecule has 0 amide bonds. The summed E-state index contributed by atoms with van der Waals surface area (Å²) in [6.45, 7) is 4.55. The second kappa shape index (κ2) is 6.19. The van der Waals surface area contributed by atoms with E-state index >= 15 is 0 Å². The molecule has 0 saturated heterocycles. The monoisotopic (exact) mass is 265 g/mol. The van der Waals surface area contributed by atoms with Gasteiger partial charge in [-0.05, 0) is 26.7 Å². The summed E-state index contributed by atoms with van der Waals surface area (Å²) in [5, 5.41) is 13.0. The molecule has 1 aromatic heterocycles. The third-order valence-corrected chi connectivity index (χ3v) is 3.61. The molecule has 0 unspecified atom stereocenters. The van der Waals surface area contributed by atoms with E-state index in [2.05, 4.69) is 15.3 Å². The molecule has 1 aliphatic rings. The van der Waals surface area contributed by atoms with Crippen LogP contribution < -0.4 is 10.1 Å². The van der Waals surface area contributed by atoms with Crippen LogP contribution in [0.1, 0.15) is 44.7 Å². The molecule has 0 aromatic carbocycles. The van der Waals surface area contributed by atoms with Crippen LogP contribution in [0.3, 0.4) is 0 Å². The maximum atomic E-state index is 9.70. The number of rotatable bonds is 5. The predicted octanol–water partition coefficient (Wildman–Crippen LogP) is 2.29. The lowest BCUT2D eigenvalue weighted by atomic mass is 9.82. The largest absolute Gasteiger partial charge is 0.478 e. The van der Waals surface area contributed by atoms with Gasteiger partial charge >= 0.3 is 0 Å². The number of hydrogen-bond donors (Lipinski definition) is 2. The Hall–Kier alpha value is -1.36. The molecule has 0 aliphatic heterocycles. The number of aryl methyl sites for hydroxylation is 1. The van der Waals surface area contributed by atoms with E-state index in [1.807, 2.05) is 19.9 Å². The topological polar surface area (TPSA) is 67.3 Å². The number of nitrogens with zero attached hydrogens (tertiary/aromatic N) is 2. The summed E-state index contributed by atoms with van der Waals surface area (Å²) in [5.41, 5.74) is 0.597. The van der Waals surface area contributed by atoms with Crippen LogP contribution in [0.2, 0.25) is 0 Å². The summed E-state index contributed by atoms with van der Waals surface area (Å²) < 4.78 is 5.43. The van der Waals surface area contributed by atoms with Gasteiger partial charge in [0.2, 0.25) is 11.8 Å². The van der Waals surface area contributed by atoms with Gasteiger partial charge in [-0.2, -0.15) is 4.98 Å². The van der Waals surface area contributed by atoms with E-state index in [-0.39, 0.29) is 12.1 Å². The molecule has 2 N–H and O–H groups in total. The highest BCUT2D eigenvalue weighted by Crippen LogP contribution is 2.30. The number of hydrogen-bond acceptors (Lipinski definition) is 5. The van der Waals surface area contributed by atoms with E-state index in [4.69, 9.17) is 4.74 Å². The van der Waals surface area contributed by atoms with Crippen LogP contribution in [0.4, 0.5) is 5.95 Å². The molecule has 0 spiro atoms. The fourth-order valence-corrected chi connectivity index (χ4v) is 2.61. The summed E-state index contributed by atoms with van der Waals surface area (Å²) in [7, 11) is 0. The summed E-state index contributed by atoms with van der Waals surface area (Å²) >= 11 is 0. The van der Waals surface area contributed by atoms with Crippen LogP contribution in [0.25, 0.3) is 0 Å². The summed E-state index contributed by atoms with van der Waals surface area (Å²) in [6, 6.07) is 1.82. The molecular weight excluding hydrogens is 242 g/mol. The predicted molar refractivity (Wildman–Crippen MR) is 74.5 cm³/mol. The third kappa shape index (κ3) is 3.56. The number of nitrogens with one attached hydrogen (secondary N) is 1. The normalized spacial score (nSPS) is 18.1. The smallest absolute Gasteiger partial charge is 0.226 e. The van der Waals surface area contributed by atoms with Gasteiger partial charge in [0.1, 0.15) is 0 Å². The number of ether oxygens (including phenoxy) is 1. The lowest BCUT2D eigenvalue weighted by Crippen LogP contribution is -2.44. The van der Waals surface area contributed by atoms with Crippen LogP contribution >= 0.6 is 0 Å². The van der Waals surface area contributed by atoms with Gasteiger partial charge in [-0.1, -0.05) is 19.3 Å². The quantitative estimate of drug-likeness (QED) is 0.855. The van der Waals surface area contributed by atoms with Crippen molar-refractivity contribution in [3.63, 3.8) is 0 Å². The SMILES string of the molecule is CCOc1cc(C)nc(NC2(CO)CCCCC2)n1. The first-order chi connectivity index (χ1) is 9.17. The number of anilines is 1. The van der Waals surface area contributed by atoms with Gasteiger partial charge in [0.15, 0.2) is 0 Å². The molecule has 1 heterocycles. The number of aromatic nitrogens is 2. The minimum absolute atomic E-state index is 0.119. The van der Waals surface area contributed by atoms with Crippen molar-refractivity contribution in [3.8, 4) is 5.88 Å². The highest BCUT2D eigenvalue weighted by atomic mass is 16.5. The molecule has 1 aliphatic carbocycles. The fourth-order valence-electron chi connectivity index (χ4n) is 2.61. The molecule has 1 aromatic rings. The average molecular weight is 265 g/mol. The van der Waals surface area contributed by atoms with Gasteiger partial charge in [0, 0.05) is 11.8 Å². The molecular formula is C14H23N3O2. The second-order valence-corrected chi connectivity index (χ2v) is 5.23. The van der Waals surface area contributed by atoms with E-state index in [1.165, 1.54) is 6.42 Å². The van der Waals surface area contributed by atoms with Crippen molar-refractivity contribution < 1.29 is 9.84 Å². The van der Waals surface area contributed by atoms with Crippen molar-refractivity contribution in [1.29, 1.82) is 0 Å². The zero-order valence-electron chi connectivity index (χ0n) is 11.8. The molecule has 19 heavy (non-hydrogen) atoms. The lowest BCUT2D eigenvalue weighted by molar-refractivity contribution is 0.172. The zero-order valence-corrected chi connectivity index (χ0v) is 11.8. The van der Waals surface area contributed by atoms with Gasteiger partial charge in [0.25, 0.3) is 0 Å². The number of aliphatic hydroxyl groups is 1. The Morgan fingerprint density at radius 2 is 2.05 bits per heavy atom. The van der Waals surface area contributed by atoms with Crippen LogP contribution in [0.15, 0.2) is 6.07 Å². The van der Waals surface area contributed by atoms with Gasteiger partial charge < -0.3 is 15.2 Å². The second-order valence-electron chi connectivity index (χ2n) is 5.23. The van der Waals surface area contributed by atoms with E-state index in [9.17, 15) is 5.11 Å². The summed E-state index contributed by atoms with van der Waals surface area (Å²) in [4.78, 5) is 8.74. The van der Waals surface area contributed by atoms with Crippen LogP contribution in [0, 0.1) is 6.92 Å². The maximum absolute atomic E-state index is 9.70. The third-order valence-electron chi connectivity index (χ3n) is 3.61. The molecule has 2 rings (SSSR count). The van der Waals surface area contributed by atoms with Gasteiger partial charge in [0.05, 0.1) is 18.8 Å². The van der Waals surface area contributed by atoms with Crippen LogP contribution in [-0.2, 0) is 0 Å². The first-order valence-electron chi connectivity index (χ1n) is 7.05. The Bertz CT molecular complexity index is 417. The highest BCUT2D eigenvalue weighted by Gasteiger charge is 2.32. The average Bonchev–Trinajstić information content (AvgIpc) is 2.39. The lowest BCUT2D eigenvalue weighted by Gasteiger charge is -2.36. The first-order valence-corrected chi connectivity index (χ1v) is 7.05. The minimum Gasteiger partial charge on any atom is -0.478 e. The Kier molecular flexibility index (Phi) is 4.58. The van der Waals surface area contributed by atoms with E-state index in [1.54, 1.807) is 0 Å². The summed E-state index contributed by atoms with van der Waals surface area (Å²) in [6.07, 6.45) is 5.44. The van der Waals surface area contributed by atoms with Gasteiger partial charge in [-0.3, -0.25) is 0 Å². The van der Waals surface area contributed by atoms with Gasteiger partial charge in [-0.25, -0.2) is 4.98 Å². The molecule has 0 bridgehead atoms. The zero-order chi connectivity index (χ0) is 13.7. The molecule has 5 nitrogen and oxygen atoms in total. The van der Waals surface area contributed by atoms with Crippen LogP contribution in [-0.4, -0.2) is 33.8 Å². The molecule has 5 heteroatoms. The van der Waals surface area contributed by atoms with Gasteiger partial charge in [-0.15, -0.1) is 0 Å². The van der Waals surface area contributed by atoms with Crippen molar-refractivity contribution >= 4 is 5.95 Å². The Morgan fingerprint density at radius 3 is 2.68 bits per heavy atom. The molecule has 106 valence electrons. The van der Waals surface area contributed by atoms with Crippen molar-refractivity contribution in [2.75, 3.05) is 18.5 Å². The number of aliphatic hydroxyl groups excluding tert-OH is 1. The van der Waals surface area contributed by atoms with Crippen molar-refractivity contribution in [1.82, 2.24) is 9.97 Å². The standard InChI is InChI=1S/C14H23N3O2/c1-3-19-12-9-11(2)15-13(16-12)17-14(10-18)7-5-4-6-8-14/h9,18H,3-8,10H2,1-2H3,(H,15,16,17). The molecule has 1 saturated carbocycles. The van der Waals surface area contributed by atoms with E-state index in [0.717, 1.165) is 31.4 Å². The maximum Gasteiger partial charge on any atom is 0.226 e. The van der Waals surface area contributed by atoms with Crippen molar-refractivity contribution in [3.05, 3.63) is 11.8 Å². The molecule has 0 radical (unpaired) electrons. The van der Waals surface area contributed by atoms with Crippen molar-refractivity contribution in [2.45, 2.75) is 51.5 Å². The highest BCUT2D eigenvalue weighted by molar-refractivity contribution is 5.34. The minimum atomic E-state index is -0.268. The Labute approximate surface area is 114 Å². The molecule has 1 fully saturated rings. The summed E-state index contributed by atoms with van der Waals surface area (Å²) in [5.74, 6) is 1.14. The Morgan fingerprint density at radius 1 is 1.32 bits per heavy atom. The van der Waals surface area contributed by atoms with E-state index < -0.39 is 0 Å². The van der Waals surface area contributed by atoms with Crippen molar-refractivity contribution in [2.24, 2.45) is 0 Å². The van der Waals surface area contributed by atoms with E-state index in [0.29, 0.717) is 18.4 Å². The Balaban J connectivity index is 2.16. The van der Waals surface area contributed by atoms with Crippen LogP contribution in [0.5, 0.6) is 5.88 Å². The fraction of sp³-hybridized carbons (Fsp3) is 0.714. The molecule has 0 atom stereocenters.